The second-order valence-electron chi connectivity index (χ2n) is 6.86. The molecule has 0 saturated carbocycles. The number of imide groups is 1. The number of hydrogen-bond donors (Lipinski definition) is 2. The van der Waals surface area contributed by atoms with Gasteiger partial charge in [0, 0.05) is 24.8 Å². The summed E-state index contributed by atoms with van der Waals surface area (Å²) >= 11 is 0. The van der Waals surface area contributed by atoms with Crippen molar-refractivity contribution in [3.8, 4) is 0 Å². The molecular formula is C18H21N3O5. The number of piperidine rings is 1. The Morgan fingerprint density at radius 3 is 2.31 bits per heavy atom. The van der Waals surface area contributed by atoms with E-state index in [4.69, 9.17) is 5.11 Å². The molecule has 8 heteroatoms. The number of rotatable bonds is 3. The summed E-state index contributed by atoms with van der Waals surface area (Å²) < 4.78 is 0. The maximum atomic E-state index is 12.4. The van der Waals surface area contributed by atoms with Gasteiger partial charge in [-0.2, -0.15) is 0 Å². The van der Waals surface area contributed by atoms with Crippen LogP contribution in [-0.2, 0) is 4.79 Å². The molecule has 4 amide bonds. The van der Waals surface area contributed by atoms with Gasteiger partial charge in [0.15, 0.2) is 0 Å². The largest absolute Gasteiger partial charge is 0.481 e. The number of benzene rings is 1. The molecular weight excluding hydrogens is 338 g/mol. The quantitative estimate of drug-likeness (QED) is 0.803. The van der Waals surface area contributed by atoms with E-state index in [2.05, 4.69) is 5.32 Å². The van der Waals surface area contributed by atoms with Gasteiger partial charge in [-0.1, -0.05) is 0 Å². The zero-order valence-electron chi connectivity index (χ0n) is 14.7. The summed E-state index contributed by atoms with van der Waals surface area (Å²) in [6.07, 6.45) is 0.840. The molecule has 0 bridgehead atoms. The van der Waals surface area contributed by atoms with E-state index in [1.165, 1.54) is 11.0 Å². The molecule has 2 aliphatic heterocycles. The molecule has 1 saturated heterocycles. The van der Waals surface area contributed by atoms with Gasteiger partial charge in [0.2, 0.25) is 0 Å². The minimum absolute atomic E-state index is 0.240. The van der Waals surface area contributed by atoms with E-state index in [-0.39, 0.29) is 29.5 Å². The average Bonchev–Trinajstić information content (AvgIpc) is 2.85. The van der Waals surface area contributed by atoms with Crippen molar-refractivity contribution >= 4 is 29.5 Å². The van der Waals surface area contributed by atoms with E-state index < -0.39 is 11.9 Å². The first-order valence-electron chi connectivity index (χ1n) is 8.60. The number of anilines is 1. The zero-order valence-corrected chi connectivity index (χ0v) is 14.7. The highest BCUT2D eigenvalue weighted by Crippen LogP contribution is 2.27. The minimum Gasteiger partial charge on any atom is -0.481 e. The SMILES string of the molecule is CC(C)N1C(=O)c2ccc(NC(=O)N3CCC(C(=O)O)CC3)cc2C1=O. The maximum Gasteiger partial charge on any atom is 0.321 e. The van der Waals surface area contributed by atoms with Crippen LogP contribution in [0.2, 0.25) is 0 Å². The van der Waals surface area contributed by atoms with E-state index in [0.29, 0.717) is 37.2 Å². The number of likely N-dealkylation sites (tertiary alicyclic amines) is 1. The molecule has 138 valence electrons. The van der Waals surface area contributed by atoms with Crippen molar-refractivity contribution in [3.63, 3.8) is 0 Å². The summed E-state index contributed by atoms with van der Waals surface area (Å²) in [5, 5.41) is 11.7. The van der Waals surface area contributed by atoms with Crippen molar-refractivity contribution in [3.05, 3.63) is 29.3 Å². The number of nitrogens with zero attached hydrogens (tertiary/aromatic N) is 2. The third-order valence-electron chi connectivity index (χ3n) is 4.82. The number of fused-ring (bicyclic) bond motifs is 1. The molecule has 0 spiro atoms. The second kappa shape index (κ2) is 6.78. The summed E-state index contributed by atoms with van der Waals surface area (Å²) in [5.41, 5.74) is 1.05. The monoisotopic (exact) mass is 359 g/mol. The Hall–Kier alpha value is -2.90. The Morgan fingerprint density at radius 1 is 1.12 bits per heavy atom. The molecule has 0 unspecified atom stereocenters. The predicted molar refractivity (Wildman–Crippen MR) is 93.0 cm³/mol. The van der Waals surface area contributed by atoms with E-state index in [1.807, 2.05) is 0 Å². The molecule has 0 aromatic heterocycles. The maximum absolute atomic E-state index is 12.4. The van der Waals surface area contributed by atoms with Crippen LogP contribution >= 0.6 is 0 Å². The molecule has 8 nitrogen and oxygen atoms in total. The van der Waals surface area contributed by atoms with Gasteiger partial charge in [-0.3, -0.25) is 19.3 Å². The average molecular weight is 359 g/mol. The first kappa shape index (κ1) is 17.9. The molecule has 2 N–H and O–H groups in total. The summed E-state index contributed by atoms with van der Waals surface area (Å²) in [7, 11) is 0. The lowest BCUT2D eigenvalue weighted by Gasteiger charge is -2.30. The van der Waals surface area contributed by atoms with Crippen LogP contribution in [0, 0.1) is 5.92 Å². The molecule has 1 aromatic rings. The fraction of sp³-hybridized carbons (Fsp3) is 0.444. The van der Waals surface area contributed by atoms with Crippen LogP contribution in [0.5, 0.6) is 0 Å². The van der Waals surface area contributed by atoms with Gasteiger partial charge in [0.25, 0.3) is 11.8 Å². The zero-order chi connectivity index (χ0) is 19.0. The van der Waals surface area contributed by atoms with Crippen molar-refractivity contribution in [1.82, 2.24) is 9.80 Å². The summed E-state index contributed by atoms with van der Waals surface area (Å²) in [5.74, 6) is -1.93. The third-order valence-corrected chi connectivity index (χ3v) is 4.82. The Kier molecular flexibility index (Phi) is 4.67. The van der Waals surface area contributed by atoms with Crippen molar-refractivity contribution in [1.29, 1.82) is 0 Å². The Bertz CT molecular complexity index is 781. The number of aliphatic carboxylic acids is 1. The van der Waals surface area contributed by atoms with E-state index >= 15 is 0 Å². The van der Waals surface area contributed by atoms with Gasteiger partial charge in [-0.25, -0.2) is 4.79 Å². The van der Waals surface area contributed by atoms with Gasteiger partial charge < -0.3 is 15.3 Å². The number of urea groups is 1. The standard InChI is InChI=1S/C18H21N3O5/c1-10(2)21-15(22)13-4-3-12(9-14(13)16(21)23)19-18(26)20-7-5-11(6-8-20)17(24)25/h3-4,9-11H,5-8H2,1-2H3,(H,19,26)(H,24,25). The minimum atomic E-state index is -0.832. The van der Waals surface area contributed by atoms with Crippen molar-refractivity contribution in [2.24, 2.45) is 5.92 Å². The predicted octanol–water partition coefficient (Wildman–Crippen LogP) is 2.02. The van der Waals surface area contributed by atoms with Crippen LogP contribution in [0.1, 0.15) is 47.4 Å². The first-order chi connectivity index (χ1) is 12.3. The van der Waals surface area contributed by atoms with Crippen LogP contribution in [0.25, 0.3) is 0 Å². The lowest BCUT2D eigenvalue weighted by molar-refractivity contribution is -0.143. The van der Waals surface area contributed by atoms with E-state index in [9.17, 15) is 19.2 Å². The van der Waals surface area contributed by atoms with E-state index in [0.717, 1.165) is 0 Å². The number of amides is 4. The van der Waals surface area contributed by atoms with Crippen molar-refractivity contribution in [2.75, 3.05) is 18.4 Å². The van der Waals surface area contributed by atoms with Gasteiger partial charge in [-0.15, -0.1) is 0 Å². The summed E-state index contributed by atoms with van der Waals surface area (Å²) in [6.45, 7) is 4.27. The highest BCUT2D eigenvalue weighted by molar-refractivity contribution is 6.22. The van der Waals surface area contributed by atoms with Gasteiger partial charge in [-0.05, 0) is 44.9 Å². The molecule has 0 aliphatic carbocycles. The van der Waals surface area contributed by atoms with Crippen LogP contribution < -0.4 is 5.32 Å². The Labute approximate surface area is 150 Å². The van der Waals surface area contributed by atoms with Crippen LogP contribution in [-0.4, -0.2) is 57.9 Å². The Balaban J connectivity index is 1.69. The van der Waals surface area contributed by atoms with Gasteiger partial charge in [0.05, 0.1) is 17.0 Å². The molecule has 0 radical (unpaired) electrons. The van der Waals surface area contributed by atoms with Crippen LogP contribution in [0.15, 0.2) is 18.2 Å². The smallest absolute Gasteiger partial charge is 0.321 e. The Morgan fingerprint density at radius 2 is 1.73 bits per heavy atom. The second-order valence-corrected chi connectivity index (χ2v) is 6.86. The van der Waals surface area contributed by atoms with E-state index in [1.54, 1.807) is 30.9 Å². The normalized spacial score (nSPS) is 17.7. The lowest BCUT2D eigenvalue weighted by Crippen LogP contribution is -2.42. The molecule has 2 heterocycles. The first-order valence-corrected chi connectivity index (χ1v) is 8.60. The molecule has 1 aromatic carbocycles. The third kappa shape index (κ3) is 3.14. The lowest BCUT2D eigenvalue weighted by atomic mass is 9.97. The topological polar surface area (TPSA) is 107 Å². The van der Waals surface area contributed by atoms with Crippen molar-refractivity contribution < 1.29 is 24.3 Å². The number of carbonyl (C=O) groups excluding carboxylic acids is 3. The fourth-order valence-electron chi connectivity index (χ4n) is 3.34. The fourth-order valence-corrected chi connectivity index (χ4v) is 3.34. The molecule has 0 atom stereocenters. The number of nitrogens with one attached hydrogen (secondary N) is 1. The number of carboxylic acids is 1. The number of hydrogen-bond acceptors (Lipinski definition) is 4. The molecule has 1 fully saturated rings. The summed E-state index contributed by atoms with van der Waals surface area (Å²) in [6, 6.07) is 4.07. The van der Waals surface area contributed by atoms with Crippen LogP contribution in [0.3, 0.4) is 0 Å². The van der Waals surface area contributed by atoms with Gasteiger partial charge >= 0.3 is 12.0 Å². The molecule has 3 rings (SSSR count). The van der Waals surface area contributed by atoms with Gasteiger partial charge in [0.1, 0.15) is 0 Å². The highest BCUT2D eigenvalue weighted by Gasteiger charge is 2.37. The summed E-state index contributed by atoms with van der Waals surface area (Å²) in [4.78, 5) is 50.8. The highest BCUT2D eigenvalue weighted by atomic mass is 16.4. The van der Waals surface area contributed by atoms with Crippen LogP contribution in [0.4, 0.5) is 10.5 Å². The van der Waals surface area contributed by atoms with Crippen molar-refractivity contribution in [2.45, 2.75) is 32.7 Å². The number of carbonyl (C=O) groups is 4. The molecule has 2 aliphatic rings. The molecule has 26 heavy (non-hydrogen) atoms. The number of carboxylic acid groups (broad SMARTS) is 1.